The molecule has 0 amide bonds. The Balaban J connectivity index is 2.50. The molecule has 1 heterocycles. The van der Waals surface area contributed by atoms with Crippen molar-refractivity contribution in [3.05, 3.63) is 52.7 Å². The summed E-state index contributed by atoms with van der Waals surface area (Å²) in [4.78, 5) is 12.2. The van der Waals surface area contributed by atoms with Crippen molar-refractivity contribution in [2.24, 2.45) is 0 Å². The van der Waals surface area contributed by atoms with Crippen molar-refractivity contribution in [1.29, 1.82) is 0 Å². The molecule has 3 nitrogen and oxygen atoms in total. The zero-order valence-corrected chi connectivity index (χ0v) is 10.4. The van der Waals surface area contributed by atoms with Crippen molar-refractivity contribution in [3.63, 3.8) is 0 Å². The Kier molecular flexibility index (Phi) is 3.19. The van der Waals surface area contributed by atoms with E-state index in [1.54, 1.807) is 26.0 Å². The molecule has 2 aromatic rings. The van der Waals surface area contributed by atoms with Crippen LogP contribution in [0.25, 0.3) is 0 Å². The van der Waals surface area contributed by atoms with Crippen molar-refractivity contribution < 1.29 is 18.3 Å². The van der Waals surface area contributed by atoms with Crippen LogP contribution in [0.3, 0.4) is 0 Å². The average molecular weight is 248 g/mol. The van der Waals surface area contributed by atoms with Gasteiger partial charge in [0.05, 0.1) is 18.2 Å². The minimum absolute atomic E-state index is 0.0155. The summed E-state index contributed by atoms with van der Waals surface area (Å²) >= 11 is 0. The molecule has 0 aliphatic carbocycles. The molecule has 0 aliphatic rings. The van der Waals surface area contributed by atoms with Crippen LogP contribution in [0.4, 0.5) is 4.39 Å². The van der Waals surface area contributed by atoms with Gasteiger partial charge >= 0.3 is 0 Å². The summed E-state index contributed by atoms with van der Waals surface area (Å²) in [5.74, 6) is 0.113. The minimum atomic E-state index is -0.650. The van der Waals surface area contributed by atoms with Crippen LogP contribution in [0, 0.1) is 19.7 Å². The lowest BCUT2D eigenvalue weighted by Crippen LogP contribution is -2.05. The third kappa shape index (κ3) is 2.01. The molecule has 4 heteroatoms. The molecule has 0 radical (unpaired) electrons. The molecule has 18 heavy (non-hydrogen) atoms. The number of benzene rings is 1. The standard InChI is InChI=1S/C14H13FO3/c1-8-7-11(9(2)18-8)14(16)10-5-4-6-12(17-3)13(10)15/h4-7H,1-3H3. The molecule has 0 N–H and O–H groups in total. The number of halogens is 1. The fourth-order valence-corrected chi connectivity index (χ4v) is 1.85. The number of hydrogen-bond donors (Lipinski definition) is 0. The van der Waals surface area contributed by atoms with Gasteiger partial charge in [0, 0.05) is 0 Å². The van der Waals surface area contributed by atoms with Crippen LogP contribution in [0.2, 0.25) is 0 Å². The quantitative estimate of drug-likeness (QED) is 0.782. The maximum atomic E-state index is 14.0. The van der Waals surface area contributed by atoms with E-state index < -0.39 is 11.6 Å². The molecule has 0 atom stereocenters. The molecule has 0 saturated carbocycles. The van der Waals surface area contributed by atoms with E-state index in [9.17, 15) is 9.18 Å². The predicted octanol–water partition coefficient (Wildman–Crippen LogP) is 3.28. The van der Waals surface area contributed by atoms with E-state index in [0.29, 0.717) is 17.1 Å². The number of furan rings is 1. The van der Waals surface area contributed by atoms with E-state index in [4.69, 9.17) is 9.15 Å². The van der Waals surface area contributed by atoms with Gasteiger partial charge in [0.15, 0.2) is 17.3 Å². The number of ether oxygens (including phenoxy) is 1. The second-order valence-electron chi connectivity index (χ2n) is 3.98. The first-order valence-electron chi connectivity index (χ1n) is 5.49. The van der Waals surface area contributed by atoms with Gasteiger partial charge in [-0.1, -0.05) is 6.07 Å². The molecule has 0 unspecified atom stereocenters. The first kappa shape index (κ1) is 12.4. The smallest absolute Gasteiger partial charge is 0.199 e. The van der Waals surface area contributed by atoms with E-state index in [1.165, 1.54) is 19.2 Å². The van der Waals surface area contributed by atoms with Gasteiger partial charge in [-0.3, -0.25) is 4.79 Å². The Hall–Kier alpha value is -2.10. The summed E-state index contributed by atoms with van der Waals surface area (Å²) in [5, 5.41) is 0. The molecule has 0 fully saturated rings. The van der Waals surface area contributed by atoms with Gasteiger partial charge in [-0.15, -0.1) is 0 Å². The first-order chi connectivity index (χ1) is 8.54. The molecule has 0 saturated heterocycles. The number of carbonyl (C=O) groups is 1. The summed E-state index contributed by atoms with van der Waals surface area (Å²) in [6, 6.07) is 6.09. The largest absolute Gasteiger partial charge is 0.494 e. The molecule has 1 aromatic heterocycles. The average Bonchev–Trinajstić information content (AvgIpc) is 2.68. The van der Waals surface area contributed by atoms with Crippen LogP contribution < -0.4 is 4.74 Å². The van der Waals surface area contributed by atoms with Crippen molar-refractivity contribution in [3.8, 4) is 5.75 Å². The van der Waals surface area contributed by atoms with Gasteiger partial charge < -0.3 is 9.15 Å². The van der Waals surface area contributed by atoms with Gasteiger partial charge in [-0.25, -0.2) is 4.39 Å². The van der Waals surface area contributed by atoms with Crippen molar-refractivity contribution in [2.75, 3.05) is 7.11 Å². The van der Waals surface area contributed by atoms with E-state index >= 15 is 0 Å². The number of aryl methyl sites for hydroxylation is 2. The molecule has 0 spiro atoms. The second-order valence-corrected chi connectivity index (χ2v) is 3.98. The summed E-state index contributed by atoms with van der Waals surface area (Å²) in [6.07, 6.45) is 0. The number of ketones is 1. The third-order valence-corrected chi connectivity index (χ3v) is 2.71. The summed E-state index contributed by atoms with van der Waals surface area (Å²) in [7, 11) is 1.36. The van der Waals surface area contributed by atoms with Gasteiger partial charge in [0.1, 0.15) is 11.5 Å². The van der Waals surface area contributed by atoms with E-state index in [1.807, 2.05) is 0 Å². The zero-order valence-electron chi connectivity index (χ0n) is 10.4. The highest BCUT2D eigenvalue weighted by Gasteiger charge is 2.20. The van der Waals surface area contributed by atoms with E-state index in [0.717, 1.165) is 0 Å². The highest BCUT2D eigenvalue weighted by Crippen LogP contribution is 2.24. The van der Waals surface area contributed by atoms with Crippen LogP contribution in [0.1, 0.15) is 27.4 Å². The highest BCUT2D eigenvalue weighted by molar-refractivity contribution is 6.10. The van der Waals surface area contributed by atoms with E-state index in [2.05, 4.69) is 0 Å². The maximum absolute atomic E-state index is 14.0. The molecule has 0 bridgehead atoms. The van der Waals surface area contributed by atoms with Crippen LogP contribution in [-0.4, -0.2) is 12.9 Å². The van der Waals surface area contributed by atoms with Crippen LogP contribution in [0.15, 0.2) is 28.7 Å². The summed E-state index contributed by atoms with van der Waals surface area (Å²) in [6.45, 7) is 3.42. The van der Waals surface area contributed by atoms with Crippen LogP contribution in [-0.2, 0) is 0 Å². The van der Waals surface area contributed by atoms with Crippen molar-refractivity contribution in [2.45, 2.75) is 13.8 Å². The van der Waals surface area contributed by atoms with Gasteiger partial charge in [0.25, 0.3) is 0 Å². The Morgan fingerprint density at radius 1 is 1.28 bits per heavy atom. The van der Waals surface area contributed by atoms with Crippen LogP contribution >= 0.6 is 0 Å². The molecular weight excluding hydrogens is 235 g/mol. The fraction of sp³-hybridized carbons (Fsp3) is 0.214. The zero-order chi connectivity index (χ0) is 13.3. The molecule has 94 valence electrons. The molecular formula is C14H13FO3. The molecule has 2 rings (SSSR count). The normalized spacial score (nSPS) is 10.4. The SMILES string of the molecule is COc1cccc(C(=O)c2cc(C)oc2C)c1F. The summed E-state index contributed by atoms with van der Waals surface area (Å²) < 4.78 is 24.1. The monoisotopic (exact) mass is 248 g/mol. The number of carbonyl (C=O) groups excluding carboxylic acids is 1. The molecule has 1 aromatic carbocycles. The van der Waals surface area contributed by atoms with Crippen molar-refractivity contribution >= 4 is 5.78 Å². The minimum Gasteiger partial charge on any atom is -0.494 e. The van der Waals surface area contributed by atoms with Crippen molar-refractivity contribution in [1.82, 2.24) is 0 Å². The van der Waals surface area contributed by atoms with Gasteiger partial charge in [0.2, 0.25) is 0 Å². The topological polar surface area (TPSA) is 39.4 Å². The Morgan fingerprint density at radius 2 is 2.00 bits per heavy atom. The number of methoxy groups -OCH3 is 1. The Labute approximate surface area is 104 Å². The van der Waals surface area contributed by atoms with Gasteiger partial charge in [-0.05, 0) is 32.0 Å². The third-order valence-electron chi connectivity index (χ3n) is 2.71. The lowest BCUT2D eigenvalue weighted by Gasteiger charge is -2.05. The predicted molar refractivity (Wildman–Crippen MR) is 64.6 cm³/mol. The first-order valence-corrected chi connectivity index (χ1v) is 5.49. The van der Waals surface area contributed by atoms with Crippen LogP contribution in [0.5, 0.6) is 5.75 Å². The highest BCUT2D eigenvalue weighted by atomic mass is 19.1. The Morgan fingerprint density at radius 3 is 2.56 bits per heavy atom. The lowest BCUT2D eigenvalue weighted by molar-refractivity contribution is 0.103. The number of rotatable bonds is 3. The summed E-state index contributed by atoms with van der Waals surface area (Å²) in [5.41, 5.74) is 0.359. The Bertz CT molecular complexity index is 599. The second kappa shape index (κ2) is 4.64. The van der Waals surface area contributed by atoms with E-state index in [-0.39, 0.29) is 11.3 Å². The number of hydrogen-bond acceptors (Lipinski definition) is 3. The maximum Gasteiger partial charge on any atom is 0.199 e. The van der Waals surface area contributed by atoms with Gasteiger partial charge in [-0.2, -0.15) is 0 Å². The fourth-order valence-electron chi connectivity index (χ4n) is 1.85. The lowest BCUT2D eigenvalue weighted by atomic mass is 10.0. The molecule has 0 aliphatic heterocycles.